The first-order valence-corrected chi connectivity index (χ1v) is 10.9. The number of thiazole rings is 1. The maximum absolute atomic E-state index is 13.2. The van der Waals surface area contributed by atoms with Crippen molar-refractivity contribution < 1.29 is 0 Å². The monoisotopic (exact) mass is 413 g/mol. The van der Waals surface area contributed by atoms with Crippen LogP contribution in [0.15, 0.2) is 82.5 Å². The summed E-state index contributed by atoms with van der Waals surface area (Å²) < 4.78 is 2.47. The summed E-state index contributed by atoms with van der Waals surface area (Å²) in [5, 5.41) is 0.967. The standard InChI is InChI=1S/C23H15N3OS2/c1-25-18-13-15(14-7-3-2-4-8-14)11-12-19(18)28-22(25)20-21(27)26-17-10-6-5-9-16(17)24-23(26)29-20/h2-13H,1H3. The molecule has 3 aromatic carbocycles. The normalized spacial score (nSPS) is 15.4. The summed E-state index contributed by atoms with van der Waals surface area (Å²) in [6.45, 7) is 0. The highest BCUT2D eigenvalue weighted by atomic mass is 32.2. The molecule has 1 aliphatic rings. The maximum atomic E-state index is 13.2. The van der Waals surface area contributed by atoms with E-state index in [1.165, 1.54) is 22.5 Å². The van der Waals surface area contributed by atoms with E-state index in [1.54, 1.807) is 16.2 Å². The quantitative estimate of drug-likeness (QED) is 0.402. The third-order valence-electron chi connectivity index (χ3n) is 5.25. The molecule has 0 spiro atoms. The molecule has 6 heteroatoms. The number of imidazole rings is 1. The van der Waals surface area contributed by atoms with E-state index in [4.69, 9.17) is 0 Å². The van der Waals surface area contributed by atoms with Gasteiger partial charge in [0.25, 0.3) is 5.56 Å². The Morgan fingerprint density at radius 3 is 2.55 bits per heavy atom. The third kappa shape index (κ3) is 2.46. The van der Waals surface area contributed by atoms with Crippen LogP contribution in [0.1, 0.15) is 0 Å². The fourth-order valence-corrected chi connectivity index (χ4v) is 6.11. The number of fused-ring (bicyclic) bond motifs is 4. The van der Waals surface area contributed by atoms with Gasteiger partial charge in [-0.2, -0.15) is 0 Å². The molecule has 3 heterocycles. The summed E-state index contributed by atoms with van der Waals surface area (Å²) in [7, 11) is 2.03. The Bertz CT molecular complexity index is 1520. The van der Waals surface area contributed by atoms with Crippen molar-refractivity contribution in [2.75, 3.05) is 11.9 Å². The topological polar surface area (TPSA) is 37.6 Å². The lowest BCUT2D eigenvalue weighted by atomic mass is 10.1. The Morgan fingerprint density at radius 1 is 0.897 bits per heavy atom. The molecule has 0 saturated carbocycles. The van der Waals surface area contributed by atoms with Gasteiger partial charge in [-0.25, -0.2) is 9.38 Å². The number of rotatable bonds is 1. The lowest BCUT2D eigenvalue weighted by molar-refractivity contribution is 1.17. The number of hydrogen-bond donors (Lipinski definition) is 0. The Balaban J connectivity index is 1.53. The number of nitrogens with zero attached hydrogens (tertiary/aromatic N) is 3. The van der Waals surface area contributed by atoms with Gasteiger partial charge in [0.05, 0.1) is 16.7 Å². The fraction of sp³-hybridized carbons (Fsp3) is 0.0435. The van der Waals surface area contributed by atoms with Crippen molar-refractivity contribution in [2.24, 2.45) is 0 Å². The number of aromatic nitrogens is 2. The molecule has 0 radical (unpaired) electrons. The van der Waals surface area contributed by atoms with E-state index in [1.807, 2.05) is 49.5 Å². The molecular formula is C23H15N3OS2. The van der Waals surface area contributed by atoms with Crippen LogP contribution in [0, 0.1) is 0 Å². The number of hydrogen-bond acceptors (Lipinski definition) is 5. The second-order valence-electron chi connectivity index (χ2n) is 6.97. The minimum atomic E-state index is 0.00383. The zero-order chi connectivity index (χ0) is 19.5. The Labute approximate surface area is 174 Å². The molecule has 0 amide bonds. The predicted molar refractivity (Wildman–Crippen MR) is 122 cm³/mol. The van der Waals surface area contributed by atoms with Gasteiger partial charge in [-0.15, -0.1) is 0 Å². The lowest BCUT2D eigenvalue weighted by Gasteiger charge is -2.13. The van der Waals surface area contributed by atoms with E-state index < -0.39 is 0 Å². The largest absolute Gasteiger partial charge is 0.337 e. The zero-order valence-corrected chi connectivity index (χ0v) is 17.1. The fourth-order valence-electron chi connectivity index (χ4n) is 3.80. The molecule has 2 aromatic heterocycles. The molecule has 5 aromatic rings. The highest BCUT2D eigenvalue weighted by Gasteiger charge is 2.25. The van der Waals surface area contributed by atoms with Gasteiger partial charge in [0.15, 0.2) is 4.96 Å². The summed E-state index contributed by atoms with van der Waals surface area (Å²) in [5.74, 6) is 0. The molecule has 29 heavy (non-hydrogen) atoms. The smallest absolute Gasteiger partial charge is 0.277 e. The van der Waals surface area contributed by atoms with Crippen molar-refractivity contribution in [3.63, 3.8) is 0 Å². The summed E-state index contributed by atoms with van der Waals surface area (Å²) >= 11 is 3.11. The molecule has 6 rings (SSSR count). The highest BCUT2D eigenvalue weighted by molar-refractivity contribution is 8.08. The minimum Gasteiger partial charge on any atom is -0.337 e. The van der Waals surface area contributed by atoms with Gasteiger partial charge in [-0.1, -0.05) is 71.6 Å². The van der Waals surface area contributed by atoms with Gasteiger partial charge in [0.2, 0.25) is 0 Å². The van der Waals surface area contributed by atoms with Crippen LogP contribution < -0.4 is 15.0 Å². The predicted octanol–water partition coefficient (Wildman–Crippen LogP) is 4.60. The van der Waals surface area contributed by atoms with E-state index in [-0.39, 0.29) is 5.56 Å². The first-order chi connectivity index (χ1) is 14.2. The van der Waals surface area contributed by atoms with Crippen LogP contribution in [0.4, 0.5) is 5.69 Å². The molecule has 0 fully saturated rings. The van der Waals surface area contributed by atoms with Crippen LogP contribution in [-0.4, -0.2) is 16.4 Å². The van der Waals surface area contributed by atoms with Crippen molar-refractivity contribution in [1.29, 1.82) is 0 Å². The zero-order valence-electron chi connectivity index (χ0n) is 15.5. The molecular weight excluding hydrogens is 398 g/mol. The molecule has 1 aliphatic heterocycles. The van der Waals surface area contributed by atoms with Gasteiger partial charge in [-0.05, 0) is 35.4 Å². The SMILES string of the molecule is CN1C(=c2sc3nc4ccccc4n3c2=O)Sc2ccc(-c3ccccc3)cc21. The molecule has 140 valence electrons. The summed E-state index contributed by atoms with van der Waals surface area (Å²) in [6.07, 6.45) is 0. The number of benzene rings is 3. The van der Waals surface area contributed by atoms with Gasteiger partial charge in [-0.3, -0.25) is 4.79 Å². The molecule has 0 aliphatic carbocycles. The Kier molecular flexibility index (Phi) is 3.60. The van der Waals surface area contributed by atoms with E-state index in [9.17, 15) is 4.79 Å². The van der Waals surface area contributed by atoms with E-state index in [0.29, 0.717) is 0 Å². The van der Waals surface area contributed by atoms with Gasteiger partial charge in [0.1, 0.15) is 9.56 Å². The minimum absolute atomic E-state index is 0.00383. The van der Waals surface area contributed by atoms with Crippen LogP contribution in [-0.2, 0) is 0 Å². The Hall–Kier alpha value is -3.09. The molecule has 0 bridgehead atoms. The van der Waals surface area contributed by atoms with E-state index >= 15 is 0 Å². The molecule has 0 unspecified atom stereocenters. The average molecular weight is 414 g/mol. The molecule has 0 N–H and O–H groups in total. The number of anilines is 1. The van der Waals surface area contributed by atoms with Gasteiger partial charge >= 0.3 is 0 Å². The first-order valence-electron chi connectivity index (χ1n) is 9.26. The average Bonchev–Trinajstić information content (AvgIpc) is 3.39. The van der Waals surface area contributed by atoms with Gasteiger partial charge in [0, 0.05) is 11.9 Å². The van der Waals surface area contributed by atoms with Crippen LogP contribution >= 0.6 is 23.1 Å². The number of thioether (sulfide) groups is 1. The first kappa shape index (κ1) is 16.8. The van der Waals surface area contributed by atoms with Crippen molar-refractivity contribution >= 4 is 49.8 Å². The van der Waals surface area contributed by atoms with Gasteiger partial charge < -0.3 is 4.90 Å². The highest BCUT2D eigenvalue weighted by Crippen LogP contribution is 2.46. The van der Waals surface area contributed by atoms with E-state index in [0.717, 1.165) is 36.1 Å². The van der Waals surface area contributed by atoms with Crippen LogP contribution in [0.3, 0.4) is 0 Å². The number of para-hydroxylation sites is 2. The van der Waals surface area contributed by atoms with Crippen LogP contribution in [0.25, 0.3) is 32.2 Å². The summed E-state index contributed by atoms with van der Waals surface area (Å²) in [6, 6.07) is 24.6. The summed E-state index contributed by atoms with van der Waals surface area (Å²) in [5.41, 5.74) is 5.21. The van der Waals surface area contributed by atoms with Crippen molar-refractivity contribution in [3.05, 3.63) is 87.7 Å². The maximum Gasteiger partial charge on any atom is 0.277 e. The van der Waals surface area contributed by atoms with Crippen molar-refractivity contribution in [3.8, 4) is 11.1 Å². The molecule has 4 nitrogen and oxygen atoms in total. The third-order valence-corrected chi connectivity index (χ3v) is 7.65. The lowest BCUT2D eigenvalue weighted by Crippen LogP contribution is -2.28. The Morgan fingerprint density at radius 2 is 1.69 bits per heavy atom. The molecule has 0 saturated heterocycles. The second kappa shape index (κ2) is 6.20. The van der Waals surface area contributed by atoms with Crippen LogP contribution in [0.2, 0.25) is 0 Å². The summed E-state index contributed by atoms with van der Waals surface area (Å²) in [4.78, 5) is 21.9. The van der Waals surface area contributed by atoms with Crippen molar-refractivity contribution in [1.82, 2.24) is 9.38 Å². The van der Waals surface area contributed by atoms with E-state index in [2.05, 4.69) is 40.2 Å². The second-order valence-corrected chi connectivity index (χ2v) is 8.98. The van der Waals surface area contributed by atoms with Crippen molar-refractivity contribution in [2.45, 2.75) is 4.90 Å². The van der Waals surface area contributed by atoms with Crippen LogP contribution in [0.5, 0.6) is 0 Å². The molecule has 0 atom stereocenters.